The maximum absolute atomic E-state index is 11.7. The molecular weight excluding hydrogens is 172 g/mol. The van der Waals surface area contributed by atoms with Crippen LogP contribution in [0.4, 0.5) is 0 Å². The van der Waals surface area contributed by atoms with Gasteiger partial charge in [-0.25, -0.2) is 0 Å². The van der Waals surface area contributed by atoms with E-state index in [2.05, 4.69) is 12.1 Å². The van der Waals surface area contributed by atoms with Gasteiger partial charge in [0.1, 0.15) is 5.78 Å². The largest absolute Gasteiger partial charge is 0.299 e. The third-order valence-electron chi connectivity index (χ3n) is 2.85. The van der Waals surface area contributed by atoms with Gasteiger partial charge in [0, 0.05) is 11.8 Å². The highest BCUT2D eigenvalue weighted by Gasteiger charge is 2.32. The third-order valence-corrected chi connectivity index (χ3v) is 2.85. The van der Waals surface area contributed by atoms with Gasteiger partial charge in [-0.05, 0) is 24.8 Å². The lowest BCUT2D eigenvalue weighted by Gasteiger charge is -2.09. The molecule has 0 aliphatic heterocycles. The van der Waals surface area contributed by atoms with E-state index in [4.69, 9.17) is 0 Å². The van der Waals surface area contributed by atoms with Crippen LogP contribution in [0, 0.1) is 11.8 Å². The van der Waals surface area contributed by atoms with Crippen molar-refractivity contribution in [2.75, 3.05) is 0 Å². The third kappa shape index (κ3) is 2.22. The number of benzene rings is 1. The molecule has 0 aromatic heterocycles. The number of Topliss-reactive ketones (excluding diaryl/α,β-unsaturated/α-hetero) is 1. The molecule has 1 fully saturated rings. The Morgan fingerprint density at radius 3 is 2.57 bits per heavy atom. The second-order valence-electron chi connectivity index (χ2n) is 4.27. The number of hydrogen-bond donors (Lipinski definition) is 0. The minimum atomic E-state index is 0.199. The first-order chi connectivity index (χ1) is 6.77. The molecular formula is C13H16O. The molecule has 1 aliphatic carbocycles. The van der Waals surface area contributed by atoms with Crippen LogP contribution in [0.5, 0.6) is 0 Å². The summed E-state index contributed by atoms with van der Waals surface area (Å²) in [6, 6.07) is 10.3. The van der Waals surface area contributed by atoms with E-state index in [0.717, 1.165) is 19.3 Å². The fraction of sp³-hybridized carbons (Fsp3) is 0.462. The second kappa shape index (κ2) is 3.95. The molecule has 2 rings (SSSR count). The number of carbonyl (C=O) groups excluding carboxylic acids is 1. The zero-order chi connectivity index (χ0) is 9.97. The van der Waals surface area contributed by atoms with Gasteiger partial charge < -0.3 is 0 Å². The van der Waals surface area contributed by atoms with Gasteiger partial charge in [0.2, 0.25) is 0 Å². The van der Waals surface area contributed by atoms with E-state index >= 15 is 0 Å². The Labute approximate surface area is 85.1 Å². The molecule has 1 aromatic carbocycles. The van der Waals surface area contributed by atoms with Crippen molar-refractivity contribution in [3.05, 3.63) is 35.9 Å². The van der Waals surface area contributed by atoms with E-state index in [1.807, 2.05) is 25.1 Å². The summed E-state index contributed by atoms with van der Waals surface area (Å²) in [6.45, 7) is 2.05. The Bertz CT molecular complexity index is 311. The molecule has 1 heteroatoms. The van der Waals surface area contributed by atoms with Crippen molar-refractivity contribution in [1.82, 2.24) is 0 Å². The average Bonchev–Trinajstić information content (AvgIpc) is 3.01. The van der Waals surface area contributed by atoms with Crippen LogP contribution < -0.4 is 0 Å². The van der Waals surface area contributed by atoms with Crippen molar-refractivity contribution >= 4 is 5.78 Å². The smallest absolute Gasteiger partial charge is 0.139 e. The van der Waals surface area contributed by atoms with Crippen molar-refractivity contribution in [3.8, 4) is 0 Å². The standard InChI is InChI=1S/C13H16O/c1-10(13(14)12-7-8-12)9-11-5-3-2-4-6-11/h2-6,10,12H,7-9H2,1H3. The summed E-state index contributed by atoms with van der Waals surface area (Å²) < 4.78 is 0. The zero-order valence-electron chi connectivity index (χ0n) is 8.57. The van der Waals surface area contributed by atoms with Gasteiger partial charge in [-0.15, -0.1) is 0 Å². The van der Waals surface area contributed by atoms with E-state index < -0.39 is 0 Å². The van der Waals surface area contributed by atoms with Gasteiger partial charge in [-0.3, -0.25) is 4.79 Å². The van der Waals surface area contributed by atoms with Crippen molar-refractivity contribution in [3.63, 3.8) is 0 Å². The van der Waals surface area contributed by atoms with Crippen molar-refractivity contribution in [1.29, 1.82) is 0 Å². The summed E-state index contributed by atoms with van der Waals surface area (Å²) in [4.78, 5) is 11.7. The van der Waals surface area contributed by atoms with Crippen molar-refractivity contribution < 1.29 is 4.79 Å². The summed E-state index contributed by atoms with van der Waals surface area (Å²) in [5, 5.41) is 0. The van der Waals surface area contributed by atoms with Crippen LogP contribution in [-0.4, -0.2) is 5.78 Å². The van der Waals surface area contributed by atoms with Crippen LogP contribution in [0.25, 0.3) is 0 Å². The molecule has 74 valence electrons. The molecule has 0 bridgehead atoms. The van der Waals surface area contributed by atoms with Gasteiger partial charge in [0.15, 0.2) is 0 Å². The van der Waals surface area contributed by atoms with Crippen LogP contribution >= 0.6 is 0 Å². The van der Waals surface area contributed by atoms with Crippen molar-refractivity contribution in [2.45, 2.75) is 26.2 Å². The number of carbonyl (C=O) groups is 1. The Hall–Kier alpha value is -1.11. The fourth-order valence-corrected chi connectivity index (χ4v) is 1.84. The highest BCUT2D eigenvalue weighted by atomic mass is 16.1. The molecule has 1 aromatic rings. The summed E-state index contributed by atoms with van der Waals surface area (Å²) in [5.41, 5.74) is 1.27. The van der Waals surface area contributed by atoms with Gasteiger partial charge >= 0.3 is 0 Å². The number of hydrogen-bond acceptors (Lipinski definition) is 1. The number of ketones is 1. The maximum Gasteiger partial charge on any atom is 0.139 e. The molecule has 1 unspecified atom stereocenters. The lowest BCUT2D eigenvalue weighted by molar-refractivity contribution is -0.123. The second-order valence-corrected chi connectivity index (χ2v) is 4.27. The summed E-state index contributed by atoms with van der Waals surface area (Å²) >= 11 is 0. The van der Waals surface area contributed by atoms with Crippen LogP contribution in [0.3, 0.4) is 0 Å². The van der Waals surface area contributed by atoms with E-state index in [-0.39, 0.29) is 5.92 Å². The van der Waals surface area contributed by atoms with Crippen LogP contribution in [0.15, 0.2) is 30.3 Å². The monoisotopic (exact) mass is 188 g/mol. The molecule has 0 radical (unpaired) electrons. The first kappa shape index (κ1) is 9.45. The quantitative estimate of drug-likeness (QED) is 0.710. The molecule has 0 N–H and O–H groups in total. The Morgan fingerprint density at radius 1 is 1.36 bits per heavy atom. The van der Waals surface area contributed by atoms with Gasteiger partial charge in [0.05, 0.1) is 0 Å². The molecule has 1 nitrogen and oxygen atoms in total. The summed E-state index contributed by atoms with van der Waals surface area (Å²) in [7, 11) is 0. The van der Waals surface area contributed by atoms with Gasteiger partial charge in [-0.2, -0.15) is 0 Å². The highest BCUT2D eigenvalue weighted by molar-refractivity contribution is 5.85. The minimum Gasteiger partial charge on any atom is -0.299 e. The molecule has 0 saturated heterocycles. The molecule has 1 saturated carbocycles. The number of rotatable bonds is 4. The zero-order valence-corrected chi connectivity index (χ0v) is 8.57. The van der Waals surface area contributed by atoms with Gasteiger partial charge in [-0.1, -0.05) is 37.3 Å². The normalized spacial score (nSPS) is 17.8. The Morgan fingerprint density at radius 2 is 2.00 bits per heavy atom. The predicted octanol–water partition coefficient (Wildman–Crippen LogP) is 2.84. The van der Waals surface area contributed by atoms with E-state index in [1.165, 1.54) is 5.56 Å². The molecule has 1 aliphatic rings. The van der Waals surface area contributed by atoms with Crippen LogP contribution in [0.2, 0.25) is 0 Å². The van der Waals surface area contributed by atoms with Crippen molar-refractivity contribution in [2.24, 2.45) is 11.8 Å². The molecule has 1 atom stereocenters. The summed E-state index contributed by atoms with van der Waals surface area (Å²) in [6.07, 6.45) is 3.14. The highest BCUT2D eigenvalue weighted by Crippen LogP contribution is 2.33. The molecule has 0 heterocycles. The Balaban J connectivity index is 1.93. The lowest BCUT2D eigenvalue weighted by atomic mass is 9.95. The van der Waals surface area contributed by atoms with E-state index in [1.54, 1.807) is 0 Å². The van der Waals surface area contributed by atoms with Crippen LogP contribution in [-0.2, 0) is 11.2 Å². The van der Waals surface area contributed by atoms with Crippen LogP contribution in [0.1, 0.15) is 25.3 Å². The van der Waals surface area contributed by atoms with E-state index in [9.17, 15) is 4.79 Å². The van der Waals surface area contributed by atoms with Gasteiger partial charge in [0.25, 0.3) is 0 Å². The Kier molecular flexibility index (Phi) is 2.67. The fourth-order valence-electron chi connectivity index (χ4n) is 1.84. The topological polar surface area (TPSA) is 17.1 Å². The molecule has 0 spiro atoms. The van der Waals surface area contributed by atoms with E-state index in [0.29, 0.717) is 11.7 Å². The SMILES string of the molecule is CC(Cc1ccccc1)C(=O)C1CC1. The summed E-state index contributed by atoms with van der Waals surface area (Å²) in [5.74, 6) is 1.06. The lowest BCUT2D eigenvalue weighted by Crippen LogP contribution is -2.15. The predicted molar refractivity (Wildman–Crippen MR) is 57.0 cm³/mol. The first-order valence-corrected chi connectivity index (χ1v) is 5.35. The minimum absolute atomic E-state index is 0.199. The molecule has 0 amide bonds. The molecule has 14 heavy (non-hydrogen) atoms. The first-order valence-electron chi connectivity index (χ1n) is 5.35. The average molecular weight is 188 g/mol. The maximum atomic E-state index is 11.7.